The summed E-state index contributed by atoms with van der Waals surface area (Å²) in [5, 5.41) is 75.0. The molecule has 0 amide bonds. The third kappa shape index (κ3) is 235. The zero-order valence-electron chi connectivity index (χ0n) is 16.1. The molecule has 0 aliphatic rings. The van der Waals surface area contributed by atoms with E-state index in [1.165, 1.54) is 0 Å². The van der Waals surface area contributed by atoms with Crippen LogP contribution in [0.5, 0.6) is 0 Å². The zero-order chi connectivity index (χ0) is 24.0. The second-order valence-electron chi connectivity index (χ2n) is 0. The molecule has 0 aliphatic heterocycles. The molecule has 128 valence electrons. The van der Waals surface area contributed by atoms with Crippen molar-refractivity contribution in [1.82, 2.24) is 0 Å². The molecule has 0 bridgehead atoms. The molecule has 0 aromatic heterocycles. The summed E-state index contributed by atoms with van der Waals surface area (Å²) >= 11 is 0. The average molecular weight is 428 g/mol. The largest absolute Gasteiger partial charge is 4.00 e. The molecule has 0 fully saturated rings. The van der Waals surface area contributed by atoms with Crippen LogP contribution in [-0.4, -0.2) is 0 Å². The minimum Gasteiger partial charge on any atom is -0.512 e. The van der Waals surface area contributed by atoms with Crippen molar-refractivity contribution in [2.75, 3.05) is 0 Å². The van der Waals surface area contributed by atoms with E-state index in [-0.39, 0.29) is 39.8 Å². The van der Waals surface area contributed by atoms with Gasteiger partial charge in [0.15, 0.2) is 0 Å². The van der Waals surface area contributed by atoms with Gasteiger partial charge in [-0.1, -0.05) is 0 Å². The normalized spacial score (nSPS) is 0.923. The maximum Gasteiger partial charge on any atom is 4.00 e. The SMILES string of the molecule is [C-]#N.[C-]#N.[C-]#N.[C-]#N.[C-]#N.[C-]#N.[C-]#N.[C-]#N.[C-]#N.[C-]#N.[C-]#N.[C-]#N.[Fe+4].[Fe+4].[H+].[H+].[H+].[H+]. The van der Waals surface area contributed by atoms with E-state index in [0.29, 0.717) is 0 Å². The van der Waals surface area contributed by atoms with E-state index in [4.69, 9.17) is 142 Å². The first-order chi connectivity index (χ1) is 12.0. The minimum absolute atomic E-state index is 0. The fourth-order valence-corrected chi connectivity index (χ4v) is 0. The van der Waals surface area contributed by atoms with Gasteiger partial charge in [0.2, 0.25) is 0 Å². The molecule has 26 heavy (non-hydrogen) atoms. The van der Waals surface area contributed by atoms with Crippen molar-refractivity contribution in [1.29, 1.82) is 63.1 Å². The van der Waals surface area contributed by atoms with Crippen molar-refractivity contribution in [2.24, 2.45) is 0 Å². The van der Waals surface area contributed by atoms with Crippen molar-refractivity contribution < 1.29 is 39.8 Å². The summed E-state index contributed by atoms with van der Waals surface area (Å²) in [5.41, 5.74) is 0. The molecule has 0 rings (SSSR count). The predicted octanol–water partition coefficient (Wildman–Crippen LogP) is 1.60. The molecule has 0 atom stereocenters. The molecular weight excluding hydrogens is 424 g/mol. The van der Waals surface area contributed by atoms with Crippen LogP contribution >= 0.6 is 0 Å². The smallest absolute Gasteiger partial charge is 0.512 e. The first kappa shape index (κ1) is 173. The number of hydrogen-bond acceptors (Lipinski definition) is 12. The van der Waals surface area contributed by atoms with Crippen molar-refractivity contribution in [3.63, 3.8) is 0 Å². The molecular formula is C12H4Fe2N12. The van der Waals surface area contributed by atoms with Gasteiger partial charge in [0, 0.05) is 0 Å². The standard InChI is InChI=1S/12CN.2Fe/c12*1-2;;/q12*-1;2*+4/p+4. The summed E-state index contributed by atoms with van der Waals surface area (Å²) < 4.78 is 0. The quantitative estimate of drug-likeness (QED) is 0.392. The van der Waals surface area contributed by atoms with Crippen LogP contribution in [-0.2, 0) is 34.1 Å². The van der Waals surface area contributed by atoms with Crippen LogP contribution in [0.3, 0.4) is 0 Å². The van der Waals surface area contributed by atoms with Gasteiger partial charge < -0.3 is 142 Å². The Morgan fingerprint density at radius 2 is 0.192 bits per heavy atom. The minimum atomic E-state index is 0. The Kier molecular flexibility index (Phi) is 1840. The van der Waals surface area contributed by atoms with Gasteiger partial charge in [-0.3, -0.25) is 0 Å². The molecule has 14 heteroatoms. The first-order valence-corrected chi connectivity index (χ1v) is 2.68. The number of rotatable bonds is 0. The number of nitrogens with zero attached hydrogens (tertiary/aromatic N) is 12. The molecule has 0 saturated carbocycles. The van der Waals surface area contributed by atoms with Crippen LogP contribution in [0, 0.1) is 142 Å². The first-order valence-electron chi connectivity index (χ1n) is 2.68. The summed E-state index contributed by atoms with van der Waals surface area (Å²) in [6.45, 7) is 57.0. The van der Waals surface area contributed by atoms with Crippen molar-refractivity contribution in [3.8, 4) is 0 Å². The molecule has 0 aromatic carbocycles. The Morgan fingerprint density at radius 1 is 0.192 bits per heavy atom. The predicted molar refractivity (Wildman–Crippen MR) is 64.1 cm³/mol. The Bertz CT molecular complexity index is 237. The van der Waals surface area contributed by atoms with Crippen LogP contribution in [0.2, 0.25) is 0 Å². The van der Waals surface area contributed by atoms with Gasteiger partial charge in [-0.15, -0.1) is 0 Å². The van der Waals surface area contributed by atoms with Gasteiger partial charge in [0.1, 0.15) is 0 Å². The van der Waals surface area contributed by atoms with Gasteiger partial charge in [-0.25, -0.2) is 0 Å². The molecule has 0 saturated heterocycles. The van der Waals surface area contributed by atoms with E-state index in [0.717, 1.165) is 0 Å². The summed E-state index contributed by atoms with van der Waals surface area (Å²) in [7, 11) is 0. The molecule has 0 heterocycles. The fourth-order valence-electron chi connectivity index (χ4n) is 0. The van der Waals surface area contributed by atoms with Crippen LogP contribution < -0.4 is 0 Å². The Morgan fingerprint density at radius 3 is 0.192 bits per heavy atom. The van der Waals surface area contributed by atoms with E-state index in [1.807, 2.05) is 0 Å². The zero-order valence-corrected chi connectivity index (χ0v) is 14.3. The van der Waals surface area contributed by atoms with Gasteiger partial charge in [0.25, 0.3) is 0 Å². The molecule has 0 radical (unpaired) electrons. The fraction of sp³-hybridized carbons (Fsp3) is 0. The maximum absolute atomic E-state index is 6.25. The van der Waals surface area contributed by atoms with E-state index >= 15 is 0 Å². The monoisotopic (exact) mass is 428 g/mol. The van der Waals surface area contributed by atoms with Gasteiger partial charge in [-0.2, -0.15) is 0 Å². The van der Waals surface area contributed by atoms with Crippen molar-refractivity contribution in [3.05, 3.63) is 78.9 Å². The van der Waals surface area contributed by atoms with Crippen LogP contribution in [0.4, 0.5) is 0 Å². The van der Waals surface area contributed by atoms with E-state index in [9.17, 15) is 0 Å². The third-order valence-corrected chi connectivity index (χ3v) is 0. The van der Waals surface area contributed by atoms with Crippen molar-refractivity contribution in [2.45, 2.75) is 0 Å². The topological polar surface area (TPSA) is 285 Å². The van der Waals surface area contributed by atoms with E-state index in [1.54, 1.807) is 0 Å². The van der Waals surface area contributed by atoms with E-state index < -0.39 is 0 Å². The molecule has 0 spiro atoms. The van der Waals surface area contributed by atoms with Crippen LogP contribution in [0.1, 0.15) is 5.71 Å². The third-order valence-electron chi connectivity index (χ3n) is 0. The molecule has 0 N–H and O–H groups in total. The molecule has 12 nitrogen and oxygen atoms in total. The van der Waals surface area contributed by atoms with Gasteiger partial charge >= 0.3 is 39.8 Å². The summed E-state index contributed by atoms with van der Waals surface area (Å²) in [6, 6.07) is 0. The summed E-state index contributed by atoms with van der Waals surface area (Å²) in [4.78, 5) is 0. The van der Waals surface area contributed by atoms with Gasteiger partial charge in [0.05, 0.1) is 0 Å². The summed E-state index contributed by atoms with van der Waals surface area (Å²) in [5.74, 6) is 0. The Labute approximate surface area is 182 Å². The van der Waals surface area contributed by atoms with E-state index in [2.05, 4.69) is 0 Å². The maximum atomic E-state index is 6.25. The molecule has 0 aromatic rings. The van der Waals surface area contributed by atoms with Crippen LogP contribution in [0.25, 0.3) is 0 Å². The average Bonchev–Trinajstić information content (AvgIpc) is 2.84. The second-order valence-corrected chi connectivity index (χ2v) is 0. The van der Waals surface area contributed by atoms with Gasteiger partial charge in [-0.05, 0) is 0 Å². The second kappa shape index (κ2) is 276. The Balaban J connectivity index is -0.00000000321. The number of hydrogen-bond donors (Lipinski definition) is 0. The molecule has 0 unspecified atom stereocenters. The Hall–Kier alpha value is -5.08. The summed E-state index contributed by atoms with van der Waals surface area (Å²) in [6.07, 6.45) is 0. The van der Waals surface area contributed by atoms with Crippen molar-refractivity contribution >= 4 is 0 Å². The van der Waals surface area contributed by atoms with Crippen LogP contribution in [0.15, 0.2) is 0 Å². The molecule has 0 aliphatic carbocycles.